The van der Waals surface area contributed by atoms with Crippen molar-refractivity contribution in [2.24, 2.45) is 5.92 Å². The summed E-state index contributed by atoms with van der Waals surface area (Å²) in [5.41, 5.74) is 0. The molecule has 18 heavy (non-hydrogen) atoms. The Morgan fingerprint density at radius 1 is 1.50 bits per heavy atom. The van der Waals surface area contributed by atoms with Crippen LogP contribution in [0.3, 0.4) is 0 Å². The normalized spacial score (nSPS) is 15.7. The summed E-state index contributed by atoms with van der Waals surface area (Å²) in [6, 6.07) is 1.57. The highest BCUT2D eigenvalue weighted by Crippen LogP contribution is 2.29. The van der Waals surface area contributed by atoms with Crippen molar-refractivity contribution < 1.29 is 8.42 Å². The maximum absolute atomic E-state index is 12.2. The van der Waals surface area contributed by atoms with E-state index in [9.17, 15) is 8.42 Å². The molecule has 1 fully saturated rings. The van der Waals surface area contributed by atoms with Crippen LogP contribution in [0.15, 0.2) is 21.6 Å². The van der Waals surface area contributed by atoms with Crippen LogP contribution in [0.2, 0.25) is 0 Å². The van der Waals surface area contributed by atoms with Crippen LogP contribution in [-0.4, -0.2) is 26.5 Å². The number of sulfonamides is 1. The van der Waals surface area contributed by atoms with E-state index >= 15 is 0 Å². The summed E-state index contributed by atoms with van der Waals surface area (Å²) in [7, 11) is -3.50. The van der Waals surface area contributed by atoms with E-state index in [2.05, 4.69) is 31.0 Å². The highest BCUT2D eigenvalue weighted by molar-refractivity contribution is 9.10. The molecular formula is C11H16BrN3O2S. The van der Waals surface area contributed by atoms with Gasteiger partial charge in [0.05, 0.1) is 0 Å². The van der Waals surface area contributed by atoms with Crippen LogP contribution >= 0.6 is 15.9 Å². The zero-order valence-corrected chi connectivity index (χ0v) is 12.5. The number of aromatic nitrogens is 1. The number of anilines is 1. The van der Waals surface area contributed by atoms with Crippen LogP contribution in [0.25, 0.3) is 0 Å². The fraction of sp³-hybridized carbons (Fsp3) is 0.545. The van der Waals surface area contributed by atoms with Gasteiger partial charge in [0.2, 0.25) is 10.0 Å². The van der Waals surface area contributed by atoms with Crippen LogP contribution in [0, 0.1) is 5.92 Å². The van der Waals surface area contributed by atoms with Crippen LogP contribution in [0.1, 0.15) is 19.8 Å². The minimum absolute atomic E-state index is 0.194. The SMILES string of the molecule is CCNc1ncc(Br)cc1S(=O)(=O)NCC1CC1. The summed E-state index contributed by atoms with van der Waals surface area (Å²) in [4.78, 5) is 4.29. The van der Waals surface area contributed by atoms with Gasteiger partial charge in [0.25, 0.3) is 0 Å². The predicted octanol–water partition coefficient (Wildman–Crippen LogP) is 1.96. The van der Waals surface area contributed by atoms with E-state index in [4.69, 9.17) is 0 Å². The molecule has 0 bridgehead atoms. The van der Waals surface area contributed by atoms with E-state index in [1.54, 1.807) is 12.3 Å². The van der Waals surface area contributed by atoms with Crippen molar-refractivity contribution >= 4 is 31.8 Å². The van der Waals surface area contributed by atoms with Crippen molar-refractivity contribution in [2.75, 3.05) is 18.4 Å². The fourth-order valence-electron chi connectivity index (χ4n) is 1.55. The number of nitrogens with one attached hydrogen (secondary N) is 2. The van der Waals surface area contributed by atoms with Crippen molar-refractivity contribution in [2.45, 2.75) is 24.7 Å². The molecule has 0 amide bonds. The van der Waals surface area contributed by atoms with Crippen molar-refractivity contribution in [1.82, 2.24) is 9.71 Å². The monoisotopic (exact) mass is 333 g/mol. The Labute approximate surface area is 116 Å². The van der Waals surface area contributed by atoms with E-state index < -0.39 is 10.0 Å². The quantitative estimate of drug-likeness (QED) is 0.834. The first-order chi connectivity index (χ1) is 8.53. The first-order valence-corrected chi connectivity index (χ1v) is 8.19. The van der Waals surface area contributed by atoms with Gasteiger partial charge in [-0.1, -0.05) is 0 Å². The van der Waals surface area contributed by atoms with Gasteiger partial charge >= 0.3 is 0 Å². The van der Waals surface area contributed by atoms with E-state index in [1.807, 2.05) is 6.92 Å². The van der Waals surface area contributed by atoms with Gasteiger partial charge in [-0.25, -0.2) is 18.1 Å². The average Bonchev–Trinajstić information content (AvgIpc) is 3.13. The van der Waals surface area contributed by atoms with Gasteiger partial charge in [-0.05, 0) is 47.7 Å². The van der Waals surface area contributed by atoms with Gasteiger partial charge in [-0.3, -0.25) is 0 Å². The number of pyridine rings is 1. The van der Waals surface area contributed by atoms with Crippen LogP contribution in [0.4, 0.5) is 5.82 Å². The number of rotatable bonds is 6. The highest BCUT2D eigenvalue weighted by Gasteiger charge is 2.26. The second kappa shape index (κ2) is 5.54. The third-order valence-corrected chi connectivity index (χ3v) is 4.58. The molecule has 7 heteroatoms. The zero-order chi connectivity index (χ0) is 13.2. The lowest BCUT2D eigenvalue weighted by Crippen LogP contribution is -2.27. The number of halogens is 1. The van der Waals surface area contributed by atoms with E-state index in [1.165, 1.54) is 0 Å². The minimum Gasteiger partial charge on any atom is -0.369 e. The molecule has 1 aliphatic carbocycles. The lowest BCUT2D eigenvalue weighted by atomic mass is 10.4. The molecule has 0 radical (unpaired) electrons. The Morgan fingerprint density at radius 3 is 2.83 bits per heavy atom. The fourth-order valence-corrected chi connectivity index (χ4v) is 3.31. The molecule has 1 aliphatic rings. The molecule has 0 unspecified atom stereocenters. The molecule has 0 aliphatic heterocycles. The molecular weight excluding hydrogens is 318 g/mol. The molecule has 2 rings (SSSR count). The Morgan fingerprint density at radius 2 is 2.22 bits per heavy atom. The van der Waals surface area contributed by atoms with Gasteiger partial charge in [-0.15, -0.1) is 0 Å². The molecule has 1 heterocycles. The summed E-state index contributed by atoms with van der Waals surface area (Å²) in [5, 5.41) is 2.96. The van der Waals surface area contributed by atoms with Crippen LogP contribution in [0.5, 0.6) is 0 Å². The number of nitrogens with zero attached hydrogens (tertiary/aromatic N) is 1. The van der Waals surface area contributed by atoms with Crippen LogP contribution < -0.4 is 10.0 Å². The van der Waals surface area contributed by atoms with Gasteiger partial charge in [0, 0.05) is 23.8 Å². The molecule has 1 aromatic heterocycles. The summed E-state index contributed by atoms with van der Waals surface area (Å²) < 4.78 is 27.7. The van der Waals surface area contributed by atoms with Crippen LogP contribution in [-0.2, 0) is 10.0 Å². The Hall–Kier alpha value is -0.660. The molecule has 100 valence electrons. The second-order valence-electron chi connectivity index (χ2n) is 4.33. The Kier molecular flexibility index (Phi) is 4.24. The van der Waals surface area contributed by atoms with Gasteiger partial charge in [0.1, 0.15) is 10.7 Å². The lowest BCUT2D eigenvalue weighted by molar-refractivity contribution is 0.577. The predicted molar refractivity (Wildman–Crippen MR) is 74.0 cm³/mol. The summed E-state index contributed by atoms with van der Waals surface area (Å²) in [5.74, 6) is 0.895. The second-order valence-corrected chi connectivity index (χ2v) is 6.98. The number of hydrogen-bond donors (Lipinski definition) is 2. The topological polar surface area (TPSA) is 71.1 Å². The van der Waals surface area contributed by atoms with Gasteiger partial charge < -0.3 is 5.32 Å². The van der Waals surface area contributed by atoms with Gasteiger partial charge in [0.15, 0.2) is 0 Å². The molecule has 0 atom stereocenters. The Bertz CT molecular complexity index is 529. The molecule has 0 saturated heterocycles. The summed E-state index contributed by atoms with van der Waals surface area (Å²) in [6.07, 6.45) is 3.80. The molecule has 2 N–H and O–H groups in total. The van der Waals surface area contributed by atoms with E-state index in [-0.39, 0.29) is 4.90 Å². The van der Waals surface area contributed by atoms with Crippen molar-refractivity contribution in [1.29, 1.82) is 0 Å². The molecule has 5 nitrogen and oxygen atoms in total. The highest BCUT2D eigenvalue weighted by atomic mass is 79.9. The first-order valence-electron chi connectivity index (χ1n) is 5.92. The number of hydrogen-bond acceptors (Lipinski definition) is 4. The third kappa shape index (κ3) is 3.43. The smallest absolute Gasteiger partial charge is 0.244 e. The van der Waals surface area contributed by atoms with Crippen molar-refractivity contribution in [3.63, 3.8) is 0 Å². The standard InChI is InChI=1S/C11H16BrN3O2S/c1-2-13-11-10(5-9(12)7-14-11)18(16,17)15-6-8-3-4-8/h5,7-8,15H,2-4,6H2,1H3,(H,13,14). The first kappa shape index (κ1) is 13.8. The lowest BCUT2D eigenvalue weighted by Gasteiger charge is -2.11. The third-order valence-electron chi connectivity index (χ3n) is 2.71. The summed E-state index contributed by atoms with van der Waals surface area (Å²) in [6.45, 7) is 3.04. The van der Waals surface area contributed by atoms with Crippen molar-refractivity contribution in [3.05, 3.63) is 16.7 Å². The molecule has 0 spiro atoms. The minimum atomic E-state index is -3.50. The largest absolute Gasteiger partial charge is 0.369 e. The average molecular weight is 334 g/mol. The van der Waals surface area contributed by atoms with Gasteiger partial charge in [-0.2, -0.15) is 0 Å². The summed E-state index contributed by atoms with van der Waals surface area (Å²) >= 11 is 3.25. The maximum atomic E-state index is 12.2. The van der Waals surface area contributed by atoms with E-state index in [0.29, 0.717) is 29.3 Å². The Balaban J connectivity index is 2.25. The molecule has 0 aromatic carbocycles. The maximum Gasteiger partial charge on any atom is 0.244 e. The van der Waals surface area contributed by atoms with E-state index in [0.717, 1.165) is 12.8 Å². The molecule has 1 aromatic rings. The van der Waals surface area contributed by atoms with Crippen molar-refractivity contribution in [3.8, 4) is 0 Å². The zero-order valence-electron chi connectivity index (χ0n) is 10.1. The molecule has 1 saturated carbocycles.